The number of methoxy groups -OCH3 is 8. The monoisotopic (exact) mass is 1950 g/mol. The second-order valence-corrected chi connectivity index (χ2v) is 36.1. The fraction of sp³-hybridized carbons (Fsp3) is 0.299. The van der Waals surface area contributed by atoms with Crippen LogP contribution in [-0.2, 0) is 44.4 Å². The maximum atomic E-state index is 13.3. The van der Waals surface area contributed by atoms with Gasteiger partial charge >= 0.3 is 0 Å². The van der Waals surface area contributed by atoms with Gasteiger partial charge < -0.3 is 76.7 Å². The number of carbonyl (C=O) groups excluding carboxylic acids is 2. The molecular weight excluding hydrogens is 1830 g/mol. The first-order valence-corrected chi connectivity index (χ1v) is 48.7. The minimum atomic E-state index is -0.250. The van der Waals surface area contributed by atoms with Crippen LogP contribution in [0.5, 0.6) is 28.9 Å². The second kappa shape index (κ2) is 49.6. The van der Waals surface area contributed by atoms with Gasteiger partial charge in [-0.05, 0) is 192 Å². The van der Waals surface area contributed by atoms with Crippen LogP contribution in [0.15, 0.2) is 276 Å². The highest BCUT2D eigenvalue weighted by atomic mass is 16.5. The van der Waals surface area contributed by atoms with Crippen molar-refractivity contribution in [2.45, 2.75) is 76.4 Å². The van der Waals surface area contributed by atoms with Crippen molar-refractivity contribution in [1.82, 2.24) is 49.2 Å². The van der Waals surface area contributed by atoms with Crippen LogP contribution >= 0.6 is 0 Å². The number of nitrogens with zero attached hydrogens (tertiary/aromatic N) is 11. The minimum absolute atomic E-state index is 0.00667. The number of amides is 2. The Balaban J connectivity index is 0.000000133. The summed E-state index contributed by atoms with van der Waals surface area (Å²) in [7, 11) is 21.3. The first kappa shape index (κ1) is 103. The normalized spacial score (nSPS) is 13.1. The summed E-state index contributed by atoms with van der Waals surface area (Å²) in [6.07, 6.45) is 9.84. The summed E-state index contributed by atoms with van der Waals surface area (Å²) in [4.78, 5) is 81.4. The first-order valence-electron chi connectivity index (χ1n) is 48.7. The predicted molar refractivity (Wildman–Crippen MR) is 574 cm³/mol. The van der Waals surface area contributed by atoms with Gasteiger partial charge in [-0.1, -0.05) is 139 Å². The van der Waals surface area contributed by atoms with Gasteiger partial charge in [0.05, 0.1) is 139 Å². The molecule has 0 saturated heterocycles. The smallest absolute Gasteiger partial charge is 0.261 e. The van der Waals surface area contributed by atoms with E-state index < -0.39 is 0 Å². The summed E-state index contributed by atoms with van der Waals surface area (Å²) in [5.41, 5.74) is 11.8. The molecule has 0 fully saturated rings. The van der Waals surface area contributed by atoms with Crippen LogP contribution in [0.2, 0.25) is 0 Å². The fourth-order valence-corrected chi connectivity index (χ4v) is 18.3. The number of benzene rings is 14. The molecule has 28 heteroatoms. The number of hydrogen-bond donors (Lipinski definition) is 2. The number of amidine groups is 1. The molecule has 4 aromatic heterocycles. The Hall–Kier alpha value is -14.7. The van der Waals surface area contributed by atoms with Crippen LogP contribution < -0.4 is 29.9 Å². The fourth-order valence-electron chi connectivity index (χ4n) is 18.3. The zero-order chi connectivity index (χ0) is 101. The number of hydrogen-bond acceptors (Lipinski definition) is 25. The van der Waals surface area contributed by atoms with E-state index in [1.165, 1.54) is 42.0 Å². The number of imidazole rings is 1. The summed E-state index contributed by atoms with van der Waals surface area (Å²) in [6.45, 7) is 9.08. The quantitative estimate of drug-likeness (QED) is 0.0267. The maximum Gasteiger partial charge on any atom is 0.261 e. The lowest BCUT2D eigenvalue weighted by atomic mass is 9.93. The number of aromatic amines is 1. The number of fused-ring (bicyclic) bond motifs is 16. The highest BCUT2D eigenvalue weighted by molar-refractivity contribution is 6.29. The Morgan fingerprint density at radius 2 is 0.821 bits per heavy atom. The predicted octanol–water partition coefficient (Wildman–Crippen LogP) is 20.4. The largest absolute Gasteiger partial charge is 0.494 e. The Kier molecular flexibility index (Phi) is 35.3. The molecule has 0 bridgehead atoms. The van der Waals surface area contributed by atoms with Gasteiger partial charge in [-0.2, -0.15) is 0 Å². The highest BCUT2D eigenvalue weighted by Crippen LogP contribution is 2.41. The molecule has 14 aromatic carbocycles. The minimum Gasteiger partial charge on any atom is -0.494 e. The number of aromatic nitrogens is 7. The van der Waals surface area contributed by atoms with Crippen molar-refractivity contribution in [2.24, 2.45) is 9.98 Å². The number of aromatic hydroxyl groups is 1. The Morgan fingerprint density at radius 1 is 0.386 bits per heavy atom. The Labute approximate surface area is 842 Å². The molecule has 4 atom stereocenters. The van der Waals surface area contributed by atoms with E-state index in [2.05, 4.69) is 124 Å². The van der Waals surface area contributed by atoms with Gasteiger partial charge in [0.1, 0.15) is 28.8 Å². The average molecular weight is 1950 g/mol. The van der Waals surface area contributed by atoms with Crippen molar-refractivity contribution in [1.29, 1.82) is 0 Å². The van der Waals surface area contributed by atoms with Crippen LogP contribution in [-0.4, -0.2) is 254 Å². The number of H-pyrrole nitrogens is 1. The number of imide groups is 1. The van der Waals surface area contributed by atoms with Gasteiger partial charge in [0.15, 0.2) is 5.84 Å². The first-order chi connectivity index (χ1) is 70.8. The molecule has 0 aliphatic carbocycles. The summed E-state index contributed by atoms with van der Waals surface area (Å²) in [5, 5.41) is 25.5. The maximum absolute atomic E-state index is 13.3. The van der Waals surface area contributed by atoms with Gasteiger partial charge in [-0.3, -0.25) is 38.8 Å². The van der Waals surface area contributed by atoms with Crippen molar-refractivity contribution in [3.8, 4) is 51.5 Å². The molecule has 0 radical (unpaired) electrons. The van der Waals surface area contributed by atoms with E-state index in [4.69, 9.17) is 81.8 Å². The number of carbonyl (C=O) groups is 2. The van der Waals surface area contributed by atoms with Gasteiger partial charge in [0.25, 0.3) is 17.4 Å². The standard InChI is InChI=1S/C30H34N4O5.C28H26N2O3.C27H26N2O3.C19H18N4O2.C13H20O3/c1-33(2)14-6-15-34-29(35)23-8-5-7-22-26(23)24(30(34)36)17-25-27(22)32-28(31-25)19-9-11-20(12-10-19)39-16-13-21(38-4)18-37-3;1-31-18-21(32-2)15-16-33-20-13-11-19(12-14-20)26-17-29-27-24-9-5-3-7-22(24)23-8-4-6-10-25(23)28(27)30-26;1-30-17-20(31-2)15-16-32-19-13-11-18(12-14-19)27-28-25-23-9-5-3-7-21(23)22-8-4-6-10-24(22)26(25)29-27;1-22(2)9-4-10-23-18(24)13-6-3-5-12-16(13)14(19(23)25)11-15-17(12)21-8-7-20-15;1-11-4-6-12(7-5-11)16-9-8-13(15-3)10-14-2/h5,7-12,17,21,36H,6,13-16,18H2,1-4H3;3-14,17,21H,15-16,18H2,1-2H3;3-14,20H,15-17H2,1-2H3,(H,28,29);3,5-8,11H,4,9-10H2,1-2H3;4-7,13H,8-10H2,1-3H3. The molecule has 2 aliphatic rings. The van der Waals surface area contributed by atoms with Crippen LogP contribution in [0, 0.1) is 6.92 Å². The summed E-state index contributed by atoms with van der Waals surface area (Å²) in [6, 6.07) is 80.1. The molecule has 2 amide bonds. The third-order valence-electron chi connectivity index (χ3n) is 25.8. The Morgan fingerprint density at radius 3 is 1.34 bits per heavy atom. The number of aliphatic imine (C=N–C) groups is 1. The topological polar surface area (TPSA) is 302 Å². The van der Waals surface area contributed by atoms with Gasteiger partial charge in [-0.25, -0.2) is 20.0 Å². The molecule has 28 nitrogen and oxygen atoms in total. The number of pyridine rings is 1. The van der Waals surface area contributed by atoms with E-state index in [9.17, 15) is 19.5 Å². The Bertz CT molecular complexity index is 7570. The molecule has 4 unspecified atom stereocenters. The van der Waals surface area contributed by atoms with Crippen LogP contribution in [0.1, 0.15) is 70.4 Å². The average Bonchev–Trinajstić information content (AvgIpc) is 1.45. The molecule has 2 N–H and O–H groups in total. The van der Waals surface area contributed by atoms with E-state index in [1.54, 1.807) is 81.4 Å². The van der Waals surface area contributed by atoms with Crippen molar-refractivity contribution in [2.75, 3.05) is 158 Å². The van der Waals surface area contributed by atoms with Gasteiger partial charge in [0.2, 0.25) is 5.88 Å². The van der Waals surface area contributed by atoms with E-state index in [0.29, 0.717) is 121 Å². The van der Waals surface area contributed by atoms with Crippen molar-refractivity contribution < 1.29 is 71.5 Å². The van der Waals surface area contributed by atoms with E-state index in [0.717, 1.165) is 157 Å². The van der Waals surface area contributed by atoms with Crippen molar-refractivity contribution in [3.05, 3.63) is 299 Å². The lowest BCUT2D eigenvalue weighted by Crippen LogP contribution is -2.41. The third-order valence-corrected chi connectivity index (χ3v) is 25.8. The van der Waals surface area contributed by atoms with Crippen LogP contribution in [0.25, 0.3) is 131 Å². The molecule has 0 spiro atoms. The summed E-state index contributed by atoms with van der Waals surface area (Å²) in [5.74, 6) is 4.21. The summed E-state index contributed by atoms with van der Waals surface area (Å²) >= 11 is 0. The molecule has 145 heavy (non-hydrogen) atoms. The number of ether oxygens (including phenoxy) is 12. The van der Waals surface area contributed by atoms with Crippen molar-refractivity contribution >= 4 is 132 Å². The number of rotatable bonds is 39. The molecule has 748 valence electrons. The lowest BCUT2D eigenvalue weighted by molar-refractivity contribution is 0.0160. The number of aryl methyl sites for hydroxylation is 1. The molecular formula is C117H124N12O16. The lowest BCUT2D eigenvalue weighted by Gasteiger charge is -2.27. The van der Waals surface area contributed by atoms with E-state index >= 15 is 0 Å². The second-order valence-electron chi connectivity index (χ2n) is 36.1. The zero-order valence-electron chi connectivity index (χ0n) is 84.4. The van der Waals surface area contributed by atoms with E-state index in [1.807, 2.05) is 173 Å². The van der Waals surface area contributed by atoms with Crippen LogP contribution in [0.4, 0.5) is 5.69 Å². The van der Waals surface area contributed by atoms with Gasteiger partial charge in [-0.15, -0.1) is 0 Å². The number of nitrogens with one attached hydrogen (secondary N) is 1. The van der Waals surface area contributed by atoms with Crippen LogP contribution in [0.3, 0.4) is 0 Å². The molecule has 2 aliphatic heterocycles. The van der Waals surface area contributed by atoms with E-state index in [-0.39, 0.29) is 47.7 Å². The highest BCUT2D eigenvalue weighted by Gasteiger charge is 2.34. The zero-order valence-corrected chi connectivity index (χ0v) is 84.4. The van der Waals surface area contributed by atoms with Crippen molar-refractivity contribution in [3.63, 3.8) is 0 Å². The molecule has 18 aromatic rings. The summed E-state index contributed by atoms with van der Waals surface area (Å²) < 4.78 is 66.6. The molecule has 6 heterocycles. The third kappa shape index (κ3) is 24.4. The molecule has 0 saturated carbocycles. The SMILES string of the molecule is CN(C)CCCN1C(=O)c2cccc3c2c(cc2nccnc23)C1=O.COCC(CCOc1ccc(-c2cnc3c4ccccc4c4ccccc4c3n2)cc1)OC.COCC(CCOc1ccc(-c2nc3c4ccccc4c4ccccc4c3[nH]2)cc1)OC.COCC(CCOc1ccc(C)cc1)OC.COCC(CCOc1ccc(C2=Nc3cc4c(O)n(CCCN(C)C)c(=O)c5cccc(c3=N2)c45)cc1)OC. The molecule has 20 rings (SSSR count). The van der Waals surface area contributed by atoms with Gasteiger partial charge in [0, 0.05) is 184 Å².